The number of fused-ring (bicyclic) bond motifs is 7. The van der Waals surface area contributed by atoms with Gasteiger partial charge in [-0.3, -0.25) is 4.79 Å². The molecule has 4 fully saturated rings. The van der Waals surface area contributed by atoms with E-state index < -0.39 is 23.6 Å². The monoisotopic (exact) mass is 472 g/mol. The first-order valence-corrected chi connectivity index (χ1v) is 14.0. The predicted octanol–water partition coefficient (Wildman–Crippen LogP) is 6.06. The summed E-state index contributed by atoms with van der Waals surface area (Å²) in [5.41, 5.74) is 0.348. The third-order valence-corrected chi connectivity index (χ3v) is 13.5. The fourth-order valence-electron chi connectivity index (χ4n) is 10.8. The van der Waals surface area contributed by atoms with Gasteiger partial charge in [0.2, 0.25) is 0 Å². The zero-order valence-corrected chi connectivity index (χ0v) is 22.5. The zero-order valence-electron chi connectivity index (χ0n) is 22.5. The lowest BCUT2D eigenvalue weighted by molar-refractivity contribution is -0.244. The van der Waals surface area contributed by atoms with Crippen molar-refractivity contribution in [1.29, 1.82) is 0 Å². The Kier molecular flexibility index (Phi) is 5.36. The Balaban J connectivity index is 1.63. The molecule has 0 aromatic rings. The average molecular weight is 473 g/mol. The van der Waals surface area contributed by atoms with Gasteiger partial charge in [0.05, 0.1) is 17.6 Å². The summed E-state index contributed by atoms with van der Waals surface area (Å²) < 4.78 is 0. The molecule has 0 radical (unpaired) electrons. The third-order valence-electron chi connectivity index (χ3n) is 13.5. The van der Waals surface area contributed by atoms with Crippen molar-refractivity contribution in [3.05, 3.63) is 11.6 Å². The molecule has 34 heavy (non-hydrogen) atoms. The van der Waals surface area contributed by atoms with Gasteiger partial charge >= 0.3 is 5.97 Å². The number of aliphatic carboxylic acids is 1. The van der Waals surface area contributed by atoms with Gasteiger partial charge in [0, 0.05) is 11.8 Å². The van der Waals surface area contributed by atoms with Crippen LogP contribution in [0.1, 0.15) is 99.8 Å². The maximum absolute atomic E-state index is 12.8. The maximum Gasteiger partial charge on any atom is 0.310 e. The van der Waals surface area contributed by atoms with Crippen LogP contribution in [0.5, 0.6) is 0 Å². The quantitative estimate of drug-likeness (QED) is 0.405. The van der Waals surface area contributed by atoms with Crippen LogP contribution >= 0.6 is 0 Å². The smallest absolute Gasteiger partial charge is 0.310 e. The number of rotatable bonds is 1. The topological polar surface area (TPSA) is 77.8 Å². The summed E-state index contributed by atoms with van der Waals surface area (Å²) in [7, 11) is 0. The first kappa shape index (κ1) is 24.8. The minimum atomic E-state index is -0.613. The van der Waals surface area contributed by atoms with Gasteiger partial charge in [-0.25, -0.2) is 0 Å². The van der Waals surface area contributed by atoms with Crippen molar-refractivity contribution < 1.29 is 20.1 Å². The van der Waals surface area contributed by atoms with Crippen molar-refractivity contribution >= 4 is 5.97 Å². The molecule has 3 N–H and O–H groups in total. The Labute approximate surface area is 206 Å². The highest BCUT2D eigenvalue weighted by atomic mass is 16.4. The van der Waals surface area contributed by atoms with E-state index in [1.54, 1.807) is 0 Å². The number of carboxylic acids is 1. The van der Waals surface area contributed by atoms with Crippen molar-refractivity contribution in [2.24, 2.45) is 56.7 Å². The van der Waals surface area contributed by atoms with E-state index in [0.29, 0.717) is 24.2 Å². The Morgan fingerprint density at radius 3 is 2.24 bits per heavy atom. The molecular weight excluding hydrogens is 424 g/mol. The van der Waals surface area contributed by atoms with Crippen LogP contribution in [0.4, 0.5) is 0 Å². The van der Waals surface area contributed by atoms with Gasteiger partial charge in [-0.15, -0.1) is 0 Å². The number of carboxylic acid groups (broad SMARTS) is 1. The van der Waals surface area contributed by atoms with E-state index >= 15 is 0 Å². The molecule has 4 nitrogen and oxygen atoms in total. The highest BCUT2D eigenvalue weighted by molar-refractivity contribution is 5.76. The van der Waals surface area contributed by atoms with E-state index in [1.165, 1.54) is 5.57 Å². The Morgan fingerprint density at radius 1 is 0.912 bits per heavy atom. The van der Waals surface area contributed by atoms with Crippen molar-refractivity contribution in [1.82, 2.24) is 0 Å². The summed E-state index contributed by atoms with van der Waals surface area (Å²) in [5.74, 6) is 1.07. The molecule has 192 valence electrons. The van der Waals surface area contributed by atoms with Crippen LogP contribution in [0.15, 0.2) is 11.6 Å². The first-order chi connectivity index (χ1) is 15.7. The van der Waals surface area contributed by atoms with E-state index in [4.69, 9.17) is 0 Å². The normalized spacial score (nSPS) is 56.3. The van der Waals surface area contributed by atoms with Crippen molar-refractivity contribution in [2.45, 2.75) is 112 Å². The van der Waals surface area contributed by atoms with E-state index in [9.17, 15) is 20.1 Å². The third kappa shape index (κ3) is 2.71. The molecule has 0 heterocycles. The Bertz CT molecular complexity index is 907. The lowest BCUT2D eigenvalue weighted by Gasteiger charge is -2.72. The Hall–Kier alpha value is -0.870. The maximum atomic E-state index is 12.8. The number of hydrogen-bond acceptors (Lipinski definition) is 3. The van der Waals surface area contributed by atoms with Gasteiger partial charge in [0.25, 0.3) is 0 Å². The lowest BCUT2D eigenvalue weighted by Crippen LogP contribution is -2.68. The van der Waals surface area contributed by atoms with Gasteiger partial charge in [0.1, 0.15) is 0 Å². The van der Waals surface area contributed by atoms with Crippen LogP contribution < -0.4 is 0 Å². The minimum Gasteiger partial charge on any atom is -0.481 e. The molecule has 0 saturated heterocycles. The number of allylic oxidation sites excluding steroid dienone is 2. The molecule has 11 atom stereocenters. The van der Waals surface area contributed by atoms with E-state index in [0.717, 1.165) is 44.9 Å². The molecule has 0 bridgehead atoms. The summed E-state index contributed by atoms with van der Waals surface area (Å²) in [6.45, 7) is 16.3. The highest BCUT2D eigenvalue weighted by Gasteiger charge is 2.71. The average Bonchev–Trinajstić information content (AvgIpc) is 2.75. The number of aliphatic hydroxyl groups is 2. The second-order valence-electron chi connectivity index (χ2n) is 14.6. The second-order valence-corrected chi connectivity index (χ2v) is 14.6. The van der Waals surface area contributed by atoms with Gasteiger partial charge in [-0.2, -0.15) is 0 Å². The van der Waals surface area contributed by atoms with Crippen LogP contribution in [-0.2, 0) is 4.79 Å². The predicted molar refractivity (Wildman–Crippen MR) is 134 cm³/mol. The molecule has 0 spiro atoms. The molecular formula is C30H48O4. The van der Waals surface area contributed by atoms with Gasteiger partial charge in [-0.1, -0.05) is 60.1 Å². The van der Waals surface area contributed by atoms with Crippen molar-refractivity contribution in [2.75, 3.05) is 0 Å². The fraction of sp³-hybridized carbons (Fsp3) is 0.900. The highest BCUT2D eigenvalue weighted by Crippen LogP contribution is 2.75. The van der Waals surface area contributed by atoms with Crippen LogP contribution in [-0.4, -0.2) is 33.5 Å². The summed E-state index contributed by atoms with van der Waals surface area (Å²) in [4.78, 5) is 12.8. The molecule has 5 aliphatic rings. The van der Waals surface area contributed by atoms with Crippen LogP contribution in [0.2, 0.25) is 0 Å². The molecule has 5 rings (SSSR count). The molecule has 4 saturated carbocycles. The first-order valence-electron chi connectivity index (χ1n) is 14.0. The SMILES string of the molecule is C[C@H]1[C@H](C)CC[C@]2(C(=O)O)CC[C@]3(C)C(=CC[C@@H]4[C@]5(C)C(CC[C@]43C)C(C)(C)[C@@H](O)C[C@H]5O)[C@@H]12. The van der Waals surface area contributed by atoms with E-state index in [1.807, 2.05) is 0 Å². The lowest BCUT2D eigenvalue weighted by atomic mass is 9.33. The molecule has 0 aliphatic heterocycles. The molecule has 0 aromatic heterocycles. The summed E-state index contributed by atoms with van der Waals surface area (Å²) >= 11 is 0. The van der Waals surface area contributed by atoms with Gasteiger partial charge in [-0.05, 0) is 90.8 Å². The number of carbonyl (C=O) groups is 1. The fourth-order valence-corrected chi connectivity index (χ4v) is 10.8. The van der Waals surface area contributed by atoms with Gasteiger partial charge in [0.15, 0.2) is 0 Å². The minimum absolute atomic E-state index is 0.0206. The van der Waals surface area contributed by atoms with E-state index in [-0.39, 0.29) is 33.5 Å². The standard InChI is InChI=1S/C30H48O4/c1-17-10-13-30(25(33)34)15-14-27(5)19(24(30)18(17)2)8-9-21-28(27,6)12-11-20-26(3,4)22(31)16-23(32)29(20,21)7/h8,17-18,20-24,31-32H,9-16H2,1-7H3,(H,33,34)/t17-,18+,20?,21+,22+,23-,24-,27-,28-,29+,30+/m1/s1. The number of aliphatic hydroxyl groups excluding tert-OH is 2. The van der Waals surface area contributed by atoms with Crippen LogP contribution in [0.3, 0.4) is 0 Å². The van der Waals surface area contributed by atoms with Crippen LogP contribution in [0.25, 0.3) is 0 Å². The van der Waals surface area contributed by atoms with Crippen molar-refractivity contribution in [3.63, 3.8) is 0 Å². The second kappa shape index (κ2) is 7.34. The molecule has 0 amide bonds. The summed E-state index contributed by atoms with van der Waals surface area (Å²) in [5, 5.41) is 32.9. The number of hydrogen-bond donors (Lipinski definition) is 3. The summed E-state index contributed by atoms with van der Waals surface area (Å²) in [6.07, 6.45) is 8.49. The molecule has 4 heteroatoms. The Morgan fingerprint density at radius 2 is 1.59 bits per heavy atom. The van der Waals surface area contributed by atoms with Crippen LogP contribution in [0, 0.1) is 56.7 Å². The molecule has 1 unspecified atom stereocenters. The molecule has 0 aromatic carbocycles. The molecule has 5 aliphatic carbocycles. The van der Waals surface area contributed by atoms with Gasteiger partial charge < -0.3 is 15.3 Å². The summed E-state index contributed by atoms with van der Waals surface area (Å²) in [6, 6.07) is 0. The van der Waals surface area contributed by atoms with Crippen molar-refractivity contribution in [3.8, 4) is 0 Å². The zero-order chi connectivity index (χ0) is 25.1. The largest absolute Gasteiger partial charge is 0.481 e. The van der Waals surface area contributed by atoms with E-state index in [2.05, 4.69) is 54.5 Å².